The van der Waals surface area contributed by atoms with E-state index < -0.39 is 6.04 Å². The van der Waals surface area contributed by atoms with Gasteiger partial charge in [0.15, 0.2) is 5.78 Å². The molecule has 156 valence electrons. The molecule has 0 radical (unpaired) electrons. The van der Waals surface area contributed by atoms with Gasteiger partial charge in [-0.05, 0) is 81.3 Å². The summed E-state index contributed by atoms with van der Waals surface area (Å²) >= 11 is 0. The highest BCUT2D eigenvalue weighted by atomic mass is 16.2. The maximum atomic E-state index is 13.4. The van der Waals surface area contributed by atoms with Gasteiger partial charge in [0.05, 0.1) is 5.69 Å². The molecular weight excluding hydrogens is 364 g/mol. The van der Waals surface area contributed by atoms with E-state index >= 15 is 0 Å². The van der Waals surface area contributed by atoms with E-state index in [1.165, 1.54) is 26.2 Å². The average Bonchev–Trinajstić information content (AvgIpc) is 2.64. The summed E-state index contributed by atoms with van der Waals surface area (Å²) in [6.45, 7) is 5.38. The van der Waals surface area contributed by atoms with Crippen LogP contribution in [0.5, 0.6) is 0 Å². The average molecular weight is 397 g/mol. The number of carbonyl (C=O) groups is 3. The molecule has 4 aliphatic rings. The Morgan fingerprint density at radius 3 is 2.03 bits per heavy atom. The van der Waals surface area contributed by atoms with Crippen molar-refractivity contribution in [3.8, 4) is 0 Å². The zero-order valence-corrected chi connectivity index (χ0v) is 17.7. The van der Waals surface area contributed by atoms with Gasteiger partial charge < -0.3 is 10.6 Å². The van der Waals surface area contributed by atoms with E-state index in [0.717, 1.165) is 19.3 Å². The third-order valence-corrected chi connectivity index (χ3v) is 7.32. The fourth-order valence-electron chi connectivity index (χ4n) is 6.33. The second-order valence-corrected chi connectivity index (χ2v) is 9.98. The fourth-order valence-corrected chi connectivity index (χ4v) is 6.33. The molecule has 2 amide bonds. The zero-order chi connectivity index (χ0) is 20.8. The molecule has 0 heterocycles. The second-order valence-electron chi connectivity index (χ2n) is 9.98. The van der Waals surface area contributed by atoms with Gasteiger partial charge in [0.1, 0.15) is 6.04 Å². The van der Waals surface area contributed by atoms with Gasteiger partial charge in [-0.3, -0.25) is 14.4 Å². The first-order valence-corrected chi connectivity index (χ1v) is 11.0. The molecule has 4 aliphatic carbocycles. The SMILES string of the molecule is CC(=O)c1ccccc1NC(=O)C(NC(=O)C12CC3CC(CC(C3)C1)C2)C(C)C. The van der Waals surface area contributed by atoms with Crippen LogP contribution in [0.15, 0.2) is 24.3 Å². The van der Waals surface area contributed by atoms with E-state index in [4.69, 9.17) is 0 Å². The molecule has 0 aliphatic heterocycles. The molecule has 0 aromatic heterocycles. The highest BCUT2D eigenvalue weighted by Crippen LogP contribution is 2.60. The molecule has 1 atom stereocenters. The van der Waals surface area contributed by atoms with Crippen molar-refractivity contribution < 1.29 is 14.4 Å². The number of anilines is 1. The minimum Gasteiger partial charge on any atom is -0.344 e. The number of hydrogen-bond donors (Lipinski definition) is 2. The molecule has 5 nitrogen and oxygen atoms in total. The quantitative estimate of drug-likeness (QED) is 0.708. The van der Waals surface area contributed by atoms with Crippen molar-refractivity contribution in [1.29, 1.82) is 0 Å². The van der Waals surface area contributed by atoms with E-state index in [2.05, 4.69) is 10.6 Å². The van der Waals surface area contributed by atoms with E-state index in [9.17, 15) is 14.4 Å². The van der Waals surface area contributed by atoms with Crippen LogP contribution in [0.25, 0.3) is 0 Å². The number of rotatable bonds is 6. The van der Waals surface area contributed by atoms with Crippen molar-refractivity contribution in [2.24, 2.45) is 29.1 Å². The molecule has 0 saturated heterocycles. The van der Waals surface area contributed by atoms with Crippen molar-refractivity contribution in [3.05, 3.63) is 29.8 Å². The number of nitrogens with one attached hydrogen (secondary N) is 2. The largest absolute Gasteiger partial charge is 0.344 e. The minimum atomic E-state index is -0.615. The van der Waals surface area contributed by atoms with Gasteiger partial charge in [0.2, 0.25) is 11.8 Å². The minimum absolute atomic E-state index is 0.0441. The van der Waals surface area contributed by atoms with Crippen LogP contribution in [-0.4, -0.2) is 23.6 Å². The van der Waals surface area contributed by atoms with Crippen LogP contribution in [0, 0.1) is 29.1 Å². The number of hydrogen-bond acceptors (Lipinski definition) is 3. The number of ketones is 1. The maximum absolute atomic E-state index is 13.4. The van der Waals surface area contributed by atoms with Gasteiger partial charge in [-0.1, -0.05) is 26.0 Å². The van der Waals surface area contributed by atoms with E-state index in [-0.39, 0.29) is 28.9 Å². The standard InChI is InChI=1S/C24H32N2O3/c1-14(2)21(22(28)25-20-7-5-4-6-19(20)15(3)27)26-23(29)24-11-16-8-17(12-24)10-18(9-16)13-24/h4-7,14,16-18,21H,8-13H2,1-3H3,(H,25,28)(H,26,29). The Morgan fingerprint density at radius 1 is 0.966 bits per heavy atom. The Hall–Kier alpha value is -2.17. The van der Waals surface area contributed by atoms with Gasteiger partial charge in [-0.15, -0.1) is 0 Å². The van der Waals surface area contributed by atoms with Crippen LogP contribution in [0.1, 0.15) is 69.7 Å². The molecule has 5 rings (SSSR count). The monoisotopic (exact) mass is 396 g/mol. The Bertz CT molecular complexity index is 794. The molecule has 4 fully saturated rings. The molecule has 5 heteroatoms. The van der Waals surface area contributed by atoms with Gasteiger partial charge in [0.25, 0.3) is 0 Å². The lowest BCUT2D eigenvalue weighted by molar-refractivity contribution is -0.148. The Labute approximate surface area is 173 Å². The number of para-hydroxylation sites is 1. The van der Waals surface area contributed by atoms with E-state index in [1.807, 2.05) is 13.8 Å². The van der Waals surface area contributed by atoms with Crippen molar-refractivity contribution in [2.75, 3.05) is 5.32 Å². The van der Waals surface area contributed by atoms with Crippen LogP contribution in [-0.2, 0) is 9.59 Å². The number of Topliss-reactive ketones (excluding diaryl/α,β-unsaturated/α-hetero) is 1. The van der Waals surface area contributed by atoms with Crippen molar-refractivity contribution in [3.63, 3.8) is 0 Å². The normalized spacial score (nSPS) is 30.8. The van der Waals surface area contributed by atoms with Gasteiger partial charge in [0, 0.05) is 11.0 Å². The highest BCUT2D eigenvalue weighted by Gasteiger charge is 2.55. The maximum Gasteiger partial charge on any atom is 0.247 e. The van der Waals surface area contributed by atoms with Gasteiger partial charge in [-0.25, -0.2) is 0 Å². The lowest BCUT2D eigenvalue weighted by Crippen LogP contribution is -2.57. The molecule has 0 spiro atoms. The van der Waals surface area contributed by atoms with Crippen LogP contribution in [0.4, 0.5) is 5.69 Å². The highest BCUT2D eigenvalue weighted by molar-refractivity contribution is 6.05. The number of carbonyl (C=O) groups excluding carboxylic acids is 3. The molecule has 1 aromatic rings. The third-order valence-electron chi connectivity index (χ3n) is 7.32. The predicted molar refractivity (Wildman–Crippen MR) is 112 cm³/mol. The lowest BCUT2D eigenvalue weighted by atomic mass is 9.49. The Kier molecular flexibility index (Phi) is 5.26. The summed E-state index contributed by atoms with van der Waals surface area (Å²) in [5.74, 6) is 1.70. The zero-order valence-electron chi connectivity index (χ0n) is 17.7. The summed E-state index contributed by atoms with van der Waals surface area (Å²) in [6, 6.07) is 6.39. The molecule has 4 saturated carbocycles. The second kappa shape index (κ2) is 7.58. The Morgan fingerprint density at radius 2 is 1.52 bits per heavy atom. The molecule has 29 heavy (non-hydrogen) atoms. The first-order valence-electron chi connectivity index (χ1n) is 11.0. The molecule has 2 N–H and O–H groups in total. The third kappa shape index (κ3) is 3.84. The van der Waals surface area contributed by atoms with Crippen LogP contribution < -0.4 is 10.6 Å². The predicted octanol–water partition coefficient (Wildman–Crippen LogP) is 4.18. The smallest absolute Gasteiger partial charge is 0.247 e. The Balaban J connectivity index is 1.49. The summed E-state index contributed by atoms with van der Waals surface area (Å²) in [4.78, 5) is 38.3. The summed E-state index contributed by atoms with van der Waals surface area (Å²) in [5.41, 5.74) is 0.704. The first kappa shape index (κ1) is 20.1. The summed E-state index contributed by atoms with van der Waals surface area (Å²) in [7, 11) is 0. The van der Waals surface area contributed by atoms with Crippen molar-refractivity contribution >= 4 is 23.3 Å². The van der Waals surface area contributed by atoms with Gasteiger partial charge >= 0.3 is 0 Å². The van der Waals surface area contributed by atoms with Crippen molar-refractivity contribution in [1.82, 2.24) is 5.32 Å². The molecule has 1 unspecified atom stereocenters. The van der Waals surface area contributed by atoms with Gasteiger partial charge in [-0.2, -0.15) is 0 Å². The fraction of sp³-hybridized carbons (Fsp3) is 0.625. The first-order chi connectivity index (χ1) is 13.8. The van der Waals surface area contributed by atoms with Crippen molar-refractivity contribution in [2.45, 2.75) is 65.3 Å². The molecule has 1 aromatic carbocycles. The van der Waals surface area contributed by atoms with Crippen LogP contribution in [0.3, 0.4) is 0 Å². The van der Waals surface area contributed by atoms with Crippen LogP contribution >= 0.6 is 0 Å². The van der Waals surface area contributed by atoms with E-state index in [0.29, 0.717) is 29.0 Å². The molecule has 4 bridgehead atoms. The summed E-state index contributed by atoms with van der Waals surface area (Å²) < 4.78 is 0. The summed E-state index contributed by atoms with van der Waals surface area (Å²) in [6.07, 6.45) is 6.77. The number of benzene rings is 1. The molecular formula is C24H32N2O3. The van der Waals surface area contributed by atoms with Crippen LogP contribution in [0.2, 0.25) is 0 Å². The topological polar surface area (TPSA) is 75.3 Å². The number of amides is 2. The van der Waals surface area contributed by atoms with E-state index in [1.54, 1.807) is 24.3 Å². The lowest BCUT2D eigenvalue weighted by Gasteiger charge is -2.55. The summed E-state index contributed by atoms with van der Waals surface area (Å²) in [5, 5.41) is 5.98.